The first-order valence-corrected chi connectivity index (χ1v) is 5.62. The number of carbonyl (C=O) groups is 2. The van der Waals surface area contributed by atoms with E-state index in [0.29, 0.717) is 5.56 Å². The second-order valence-corrected chi connectivity index (χ2v) is 4.24. The van der Waals surface area contributed by atoms with Crippen LogP contribution in [0.15, 0.2) is 10.8 Å². The zero-order valence-corrected chi connectivity index (χ0v) is 9.75. The molecule has 1 aromatic rings. The van der Waals surface area contributed by atoms with Gasteiger partial charge in [0.2, 0.25) is 0 Å². The van der Waals surface area contributed by atoms with Crippen molar-refractivity contribution in [3.63, 3.8) is 0 Å². The second-order valence-electron chi connectivity index (χ2n) is 3.50. The topological polar surface area (TPSA) is 86.6 Å². The van der Waals surface area contributed by atoms with E-state index in [9.17, 15) is 14.7 Å². The van der Waals surface area contributed by atoms with Crippen LogP contribution in [0.1, 0.15) is 22.8 Å². The van der Waals surface area contributed by atoms with Gasteiger partial charge in [0.05, 0.1) is 11.7 Å². The molecule has 0 bridgehead atoms. The molecule has 16 heavy (non-hydrogen) atoms. The maximum Gasteiger partial charge on any atom is 0.328 e. The molecule has 0 saturated carbocycles. The molecule has 2 atom stereocenters. The normalized spacial score (nSPS) is 14.2. The van der Waals surface area contributed by atoms with Crippen molar-refractivity contribution in [3.05, 3.63) is 21.9 Å². The van der Waals surface area contributed by atoms with E-state index in [1.165, 1.54) is 18.3 Å². The predicted octanol–water partition coefficient (Wildman–Crippen LogP) is 0.620. The minimum Gasteiger partial charge on any atom is -0.480 e. The van der Waals surface area contributed by atoms with Crippen LogP contribution >= 0.6 is 11.3 Å². The molecular weight excluding hydrogens is 230 g/mol. The molecule has 5 nitrogen and oxygen atoms in total. The Hall–Kier alpha value is -1.40. The number of thiophene rings is 1. The lowest BCUT2D eigenvalue weighted by Gasteiger charge is -2.16. The van der Waals surface area contributed by atoms with E-state index in [-0.39, 0.29) is 0 Å². The molecule has 1 amide bonds. The summed E-state index contributed by atoms with van der Waals surface area (Å²) >= 11 is 1.37. The van der Waals surface area contributed by atoms with Crippen molar-refractivity contribution in [1.29, 1.82) is 0 Å². The van der Waals surface area contributed by atoms with Crippen LogP contribution in [0.5, 0.6) is 0 Å². The highest BCUT2D eigenvalue weighted by atomic mass is 32.1. The first kappa shape index (κ1) is 12.7. The average Bonchev–Trinajstić information content (AvgIpc) is 2.59. The molecule has 0 spiro atoms. The number of aliphatic carboxylic acids is 1. The van der Waals surface area contributed by atoms with Gasteiger partial charge in [-0.1, -0.05) is 0 Å². The van der Waals surface area contributed by atoms with Gasteiger partial charge in [0, 0.05) is 5.38 Å². The van der Waals surface area contributed by atoms with Crippen LogP contribution in [0, 0.1) is 6.92 Å². The van der Waals surface area contributed by atoms with Crippen LogP contribution < -0.4 is 5.32 Å². The highest BCUT2D eigenvalue weighted by Crippen LogP contribution is 2.13. The van der Waals surface area contributed by atoms with Crippen molar-refractivity contribution in [2.75, 3.05) is 0 Å². The van der Waals surface area contributed by atoms with Gasteiger partial charge in [-0.2, -0.15) is 11.3 Å². The maximum atomic E-state index is 11.7. The van der Waals surface area contributed by atoms with Gasteiger partial charge < -0.3 is 15.5 Å². The van der Waals surface area contributed by atoms with Crippen molar-refractivity contribution in [2.45, 2.75) is 26.0 Å². The van der Waals surface area contributed by atoms with E-state index < -0.39 is 24.0 Å². The number of carboxylic acid groups (broad SMARTS) is 1. The first-order valence-electron chi connectivity index (χ1n) is 4.68. The Balaban J connectivity index is 2.77. The van der Waals surface area contributed by atoms with Crippen LogP contribution in [0.25, 0.3) is 0 Å². The summed E-state index contributed by atoms with van der Waals surface area (Å²) in [6.07, 6.45) is -1.14. The largest absolute Gasteiger partial charge is 0.480 e. The Bertz CT molecular complexity index is 399. The summed E-state index contributed by atoms with van der Waals surface area (Å²) in [5, 5.41) is 23.7. The molecule has 1 heterocycles. The van der Waals surface area contributed by atoms with Gasteiger partial charge in [0.15, 0.2) is 6.04 Å². The molecule has 0 fully saturated rings. The first-order chi connectivity index (χ1) is 7.43. The summed E-state index contributed by atoms with van der Waals surface area (Å²) in [6.45, 7) is 3.09. The fourth-order valence-corrected chi connectivity index (χ4v) is 2.03. The molecule has 0 aliphatic rings. The van der Waals surface area contributed by atoms with Crippen molar-refractivity contribution in [2.24, 2.45) is 0 Å². The van der Waals surface area contributed by atoms with Crippen molar-refractivity contribution < 1.29 is 19.8 Å². The van der Waals surface area contributed by atoms with Gasteiger partial charge in [-0.3, -0.25) is 4.79 Å². The van der Waals surface area contributed by atoms with Crippen LogP contribution in [-0.2, 0) is 4.79 Å². The van der Waals surface area contributed by atoms with Gasteiger partial charge in [0.25, 0.3) is 5.91 Å². The van der Waals surface area contributed by atoms with E-state index in [1.807, 2.05) is 0 Å². The number of aliphatic hydroxyl groups excluding tert-OH is 1. The van der Waals surface area contributed by atoms with E-state index >= 15 is 0 Å². The standard InChI is InChI=1S/C10H13NO4S/c1-5-3-16-4-7(5)9(13)11-8(6(2)12)10(14)15/h3-4,6,8,12H,1-2H3,(H,11,13)(H,14,15)/t6-,8+/m1/s1. The number of hydrogen-bond acceptors (Lipinski definition) is 4. The summed E-state index contributed by atoms with van der Waals surface area (Å²) in [5.74, 6) is -1.73. The number of amides is 1. The third kappa shape index (κ3) is 2.80. The highest BCUT2D eigenvalue weighted by molar-refractivity contribution is 7.08. The van der Waals surface area contributed by atoms with Gasteiger partial charge in [-0.05, 0) is 24.8 Å². The summed E-state index contributed by atoms with van der Waals surface area (Å²) in [7, 11) is 0. The van der Waals surface area contributed by atoms with Crippen molar-refractivity contribution in [3.8, 4) is 0 Å². The molecular formula is C10H13NO4S. The van der Waals surface area contributed by atoms with Crippen molar-refractivity contribution in [1.82, 2.24) is 5.32 Å². The van der Waals surface area contributed by atoms with E-state index in [2.05, 4.69) is 5.32 Å². The number of carbonyl (C=O) groups excluding carboxylic acids is 1. The number of rotatable bonds is 4. The molecule has 3 N–H and O–H groups in total. The lowest BCUT2D eigenvalue weighted by molar-refractivity contribution is -0.141. The fourth-order valence-electron chi connectivity index (χ4n) is 1.20. The van der Waals surface area contributed by atoms with Crippen LogP contribution in [0.2, 0.25) is 0 Å². The highest BCUT2D eigenvalue weighted by Gasteiger charge is 2.25. The second kappa shape index (κ2) is 5.09. The Morgan fingerprint density at radius 2 is 2.06 bits per heavy atom. The van der Waals surface area contributed by atoms with Crippen LogP contribution in [0.3, 0.4) is 0 Å². The van der Waals surface area contributed by atoms with E-state index in [4.69, 9.17) is 5.11 Å². The number of nitrogens with one attached hydrogen (secondary N) is 1. The van der Waals surface area contributed by atoms with Crippen molar-refractivity contribution >= 4 is 23.2 Å². The lowest BCUT2D eigenvalue weighted by Crippen LogP contribution is -2.47. The van der Waals surface area contributed by atoms with Gasteiger partial charge >= 0.3 is 5.97 Å². The summed E-state index contributed by atoms with van der Waals surface area (Å²) in [6, 6.07) is -1.29. The Labute approximate surface area is 96.7 Å². The SMILES string of the molecule is Cc1cscc1C(=O)N[C@H](C(=O)O)[C@@H](C)O. The van der Waals surface area contributed by atoms with Gasteiger partial charge in [-0.25, -0.2) is 4.79 Å². The predicted molar refractivity (Wildman–Crippen MR) is 59.6 cm³/mol. The molecule has 1 aromatic heterocycles. The molecule has 88 valence electrons. The number of hydrogen-bond donors (Lipinski definition) is 3. The van der Waals surface area contributed by atoms with Crippen LogP contribution in [0.4, 0.5) is 0 Å². The third-order valence-electron chi connectivity index (χ3n) is 2.14. The molecule has 0 unspecified atom stereocenters. The summed E-state index contributed by atoms with van der Waals surface area (Å²) in [5.41, 5.74) is 1.23. The number of aliphatic hydroxyl groups is 1. The zero-order valence-electron chi connectivity index (χ0n) is 8.93. The van der Waals surface area contributed by atoms with E-state index in [1.54, 1.807) is 17.7 Å². The molecule has 1 rings (SSSR count). The molecule has 0 aliphatic heterocycles. The van der Waals surface area contributed by atoms with E-state index in [0.717, 1.165) is 5.56 Å². The Morgan fingerprint density at radius 1 is 1.44 bits per heavy atom. The minimum absolute atomic E-state index is 0.442. The maximum absolute atomic E-state index is 11.7. The average molecular weight is 243 g/mol. The summed E-state index contributed by atoms with van der Waals surface area (Å²) < 4.78 is 0. The number of aryl methyl sites for hydroxylation is 1. The Kier molecular flexibility index (Phi) is 4.03. The van der Waals surface area contributed by atoms with Crippen LogP contribution in [-0.4, -0.2) is 34.2 Å². The zero-order chi connectivity index (χ0) is 12.3. The molecule has 0 radical (unpaired) electrons. The van der Waals surface area contributed by atoms with Gasteiger partial charge in [-0.15, -0.1) is 0 Å². The smallest absolute Gasteiger partial charge is 0.328 e. The monoisotopic (exact) mass is 243 g/mol. The molecule has 0 saturated heterocycles. The lowest BCUT2D eigenvalue weighted by atomic mass is 10.1. The van der Waals surface area contributed by atoms with Gasteiger partial charge in [0.1, 0.15) is 0 Å². The molecule has 0 aromatic carbocycles. The molecule has 0 aliphatic carbocycles. The quantitative estimate of drug-likeness (QED) is 0.723. The Morgan fingerprint density at radius 3 is 2.44 bits per heavy atom. The molecule has 6 heteroatoms. The number of carboxylic acids is 1. The fraction of sp³-hybridized carbons (Fsp3) is 0.400. The third-order valence-corrected chi connectivity index (χ3v) is 3.00. The minimum atomic E-state index is -1.29. The summed E-state index contributed by atoms with van der Waals surface area (Å²) in [4.78, 5) is 22.4.